The van der Waals surface area contributed by atoms with Gasteiger partial charge < -0.3 is 16.4 Å². The van der Waals surface area contributed by atoms with E-state index in [-0.39, 0.29) is 17.9 Å². The molecule has 0 radical (unpaired) electrons. The lowest BCUT2D eigenvalue weighted by Crippen LogP contribution is -2.43. The molecule has 0 aliphatic carbocycles. The van der Waals surface area contributed by atoms with Gasteiger partial charge in [-0.1, -0.05) is 55.8 Å². The second-order valence-electron chi connectivity index (χ2n) is 8.37. The molecule has 164 valence electrons. The summed E-state index contributed by atoms with van der Waals surface area (Å²) in [7, 11) is 0. The minimum Gasteiger partial charge on any atom is -0.369 e. The first-order valence-electron chi connectivity index (χ1n) is 10.2. The average Bonchev–Trinajstić information content (AvgIpc) is 2.89. The highest BCUT2D eigenvalue weighted by atomic mass is 35.5. The van der Waals surface area contributed by atoms with Crippen LogP contribution in [0.15, 0.2) is 53.5 Å². The molecule has 1 aliphatic rings. The molecular weight excluding hydrogens is 414 g/mol. The molecular formula is C23H28ClN5O2. The molecule has 0 fully saturated rings. The molecule has 1 atom stereocenters. The van der Waals surface area contributed by atoms with Gasteiger partial charge in [-0.15, -0.1) is 0 Å². The second kappa shape index (κ2) is 9.39. The number of anilines is 1. The van der Waals surface area contributed by atoms with Crippen molar-refractivity contribution in [1.29, 1.82) is 0 Å². The van der Waals surface area contributed by atoms with Crippen LogP contribution in [0.3, 0.4) is 0 Å². The topological polar surface area (TPSA) is 99.8 Å². The number of nitrogens with two attached hydrogens (primary N) is 1. The van der Waals surface area contributed by atoms with Gasteiger partial charge in [0.15, 0.2) is 5.96 Å². The number of carbonyl (C=O) groups excluding carboxylic acids is 2. The monoisotopic (exact) mass is 441 g/mol. The lowest BCUT2D eigenvalue weighted by Gasteiger charge is -2.23. The number of urea groups is 1. The standard InChI is InChI=1S/C23H28ClN5O2/c1-15(2)12-23(3)20(30)29(21(25)28-23)14-17-9-7-16(8-10-17)13-26-22(31)27-19-6-4-5-18(24)11-19/h4-11,15H,12-14H2,1-3H3,(H2,25,28)(H2,26,27,31). The van der Waals surface area contributed by atoms with Gasteiger partial charge >= 0.3 is 6.03 Å². The van der Waals surface area contributed by atoms with Gasteiger partial charge in [0.05, 0.1) is 6.54 Å². The smallest absolute Gasteiger partial charge is 0.319 e. The molecule has 3 amide bonds. The van der Waals surface area contributed by atoms with Gasteiger partial charge in [-0.25, -0.2) is 9.79 Å². The molecule has 31 heavy (non-hydrogen) atoms. The average molecular weight is 442 g/mol. The lowest BCUT2D eigenvalue weighted by atomic mass is 9.91. The van der Waals surface area contributed by atoms with E-state index in [1.54, 1.807) is 24.3 Å². The highest BCUT2D eigenvalue weighted by Gasteiger charge is 2.43. The summed E-state index contributed by atoms with van der Waals surface area (Å²) >= 11 is 5.92. The predicted octanol–water partition coefficient (Wildman–Crippen LogP) is 4.12. The third-order valence-electron chi connectivity index (χ3n) is 5.05. The quantitative estimate of drug-likeness (QED) is 0.602. The van der Waals surface area contributed by atoms with Crippen molar-refractivity contribution in [2.45, 2.75) is 45.8 Å². The summed E-state index contributed by atoms with van der Waals surface area (Å²) in [5, 5.41) is 6.10. The lowest BCUT2D eigenvalue weighted by molar-refractivity contribution is -0.131. The van der Waals surface area contributed by atoms with E-state index in [1.165, 1.54) is 4.90 Å². The molecule has 2 aromatic carbocycles. The number of halogens is 1. The van der Waals surface area contributed by atoms with Crippen LogP contribution < -0.4 is 16.4 Å². The molecule has 7 nitrogen and oxygen atoms in total. The van der Waals surface area contributed by atoms with Gasteiger partial charge in [-0.3, -0.25) is 9.69 Å². The summed E-state index contributed by atoms with van der Waals surface area (Å²) in [5.41, 5.74) is 7.75. The summed E-state index contributed by atoms with van der Waals surface area (Å²) < 4.78 is 0. The molecule has 1 aliphatic heterocycles. The maximum atomic E-state index is 12.9. The van der Waals surface area contributed by atoms with Crippen molar-refractivity contribution in [3.05, 3.63) is 64.7 Å². The molecule has 1 heterocycles. The highest BCUT2D eigenvalue weighted by molar-refractivity contribution is 6.30. The van der Waals surface area contributed by atoms with E-state index in [1.807, 2.05) is 31.2 Å². The number of nitrogens with zero attached hydrogens (tertiary/aromatic N) is 2. The predicted molar refractivity (Wildman–Crippen MR) is 124 cm³/mol. The van der Waals surface area contributed by atoms with Gasteiger partial charge in [0, 0.05) is 17.3 Å². The number of aliphatic imine (C=N–C) groups is 1. The van der Waals surface area contributed by atoms with E-state index >= 15 is 0 Å². The molecule has 0 spiro atoms. The number of hydrogen-bond acceptors (Lipinski definition) is 4. The Morgan fingerprint density at radius 2 is 1.87 bits per heavy atom. The van der Waals surface area contributed by atoms with Crippen LogP contribution in [0.4, 0.5) is 10.5 Å². The number of nitrogens with one attached hydrogen (secondary N) is 2. The number of rotatable bonds is 7. The van der Waals surface area contributed by atoms with Crippen LogP contribution in [-0.4, -0.2) is 28.3 Å². The van der Waals surface area contributed by atoms with Crippen LogP contribution in [0.5, 0.6) is 0 Å². The first-order chi connectivity index (χ1) is 14.7. The van der Waals surface area contributed by atoms with Crippen LogP contribution in [0.25, 0.3) is 0 Å². The molecule has 0 saturated heterocycles. The zero-order valence-corrected chi connectivity index (χ0v) is 18.7. The molecule has 2 aromatic rings. The maximum absolute atomic E-state index is 12.9. The first-order valence-corrected chi connectivity index (χ1v) is 10.6. The van der Waals surface area contributed by atoms with Crippen molar-refractivity contribution >= 4 is 35.2 Å². The van der Waals surface area contributed by atoms with Crippen molar-refractivity contribution in [2.24, 2.45) is 16.6 Å². The Morgan fingerprint density at radius 1 is 1.19 bits per heavy atom. The maximum Gasteiger partial charge on any atom is 0.319 e. The van der Waals surface area contributed by atoms with E-state index in [2.05, 4.69) is 29.5 Å². The first kappa shape index (κ1) is 22.6. The Labute approximate surface area is 187 Å². The van der Waals surface area contributed by atoms with E-state index in [4.69, 9.17) is 17.3 Å². The molecule has 8 heteroatoms. The third-order valence-corrected chi connectivity index (χ3v) is 5.28. The van der Waals surface area contributed by atoms with Crippen molar-refractivity contribution in [1.82, 2.24) is 10.2 Å². The molecule has 0 aromatic heterocycles. The van der Waals surface area contributed by atoms with Crippen molar-refractivity contribution in [3.63, 3.8) is 0 Å². The minimum atomic E-state index is -0.793. The zero-order chi connectivity index (χ0) is 22.6. The fourth-order valence-corrected chi connectivity index (χ4v) is 3.90. The summed E-state index contributed by atoms with van der Waals surface area (Å²) in [6.45, 7) is 6.70. The minimum absolute atomic E-state index is 0.0675. The Bertz CT molecular complexity index is 990. The Morgan fingerprint density at radius 3 is 2.52 bits per heavy atom. The van der Waals surface area contributed by atoms with Crippen LogP contribution in [-0.2, 0) is 17.9 Å². The van der Waals surface area contributed by atoms with Crippen molar-refractivity contribution < 1.29 is 9.59 Å². The van der Waals surface area contributed by atoms with Crippen LogP contribution >= 0.6 is 11.6 Å². The van der Waals surface area contributed by atoms with Crippen molar-refractivity contribution in [3.8, 4) is 0 Å². The molecule has 0 bridgehead atoms. The van der Waals surface area contributed by atoms with Crippen LogP contribution in [0.1, 0.15) is 38.3 Å². The van der Waals surface area contributed by atoms with Gasteiger partial charge in [-0.05, 0) is 48.6 Å². The van der Waals surface area contributed by atoms with Gasteiger partial charge in [-0.2, -0.15) is 0 Å². The van der Waals surface area contributed by atoms with Crippen LogP contribution in [0.2, 0.25) is 5.02 Å². The second-order valence-corrected chi connectivity index (χ2v) is 8.80. The number of amides is 3. The zero-order valence-electron chi connectivity index (χ0n) is 18.0. The number of hydrogen-bond donors (Lipinski definition) is 3. The molecule has 0 saturated carbocycles. The molecule has 3 rings (SSSR count). The van der Waals surface area contributed by atoms with Gasteiger partial charge in [0.1, 0.15) is 5.54 Å². The highest BCUT2D eigenvalue weighted by Crippen LogP contribution is 2.29. The summed E-state index contributed by atoms with van der Waals surface area (Å²) in [4.78, 5) is 30.9. The summed E-state index contributed by atoms with van der Waals surface area (Å²) in [6.07, 6.45) is 0.658. The number of benzene rings is 2. The third kappa shape index (κ3) is 5.76. The SMILES string of the molecule is CC(C)CC1(C)N=C(N)N(Cc2ccc(CNC(=O)Nc3cccc(Cl)c3)cc2)C1=O. The fourth-order valence-electron chi connectivity index (χ4n) is 3.71. The Balaban J connectivity index is 1.54. The molecule has 1 unspecified atom stereocenters. The van der Waals surface area contributed by atoms with Gasteiger partial charge in [0.2, 0.25) is 0 Å². The Kier molecular flexibility index (Phi) is 6.85. The largest absolute Gasteiger partial charge is 0.369 e. The number of guanidine groups is 1. The van der Waals surface area contributed by atoms with Crippen molar-refractivity contribution in [2.75, 3.05) is 5.32 Å². The van der Waals surface area contributed by atoms with E-state index < -0.39 is 5.54 Å². The normalized spacial score (nSPS) is 18.3. The summed E-state index contributed by atoms with van der Waals surface area (Å²) in [6, 6.07) is 14.3. The van der Waals surface area contributed by atoms with E-state index in [0.717, 1.165) is 11.1 Å². The fraction of sp³-hybridized carbons (Fsp3) is 0.348. The van der Waals surface area contributed by atoms with E-state index in [9.17, 15) is 9.59 Å². The van der Waals surface area contributed by atoms with E-state index in [0.29, 0.717) is 36.1 Å². The Hall–Kier alpha value is -3.06. The number of carbonyl (C=O) groups is 2. The van der Waals surface area contributed by atoms with Crippen LogP contribution in [0, 0.1) is 5.92 Å². The summed E-state index contributed by atoms with van der Waals surface area (Å²) in [5.74, 6) is 0.534. The van der Waals surface area contributed by atoms with Gasteiger partial charge in [0.25, 0.3) is 5.91 Å². The molecule has 4 N–H and O–H groups in total.